The summed E-state index contributed by atoms with van der Waals surface area (Å²) in [5.41, 5.74) is 1.40. The highest BCUT2D eigenvalue weighted by Gasteiger charge is 2.24. The molecule has 0 aliphatic carbocycles. The Labute approximate surface area is 151 Å². The number of rotatable bonds is 5. The molecule has 25 heavy (non-hydrogen) atoms. The first kappa shape index (κ1) is 18.2. The Morgan fingerprint density at radius 2 is 1.84 bits per heavy atom. The number of piperidine rings is 1. The van der Waals surface area contributed by atoms with Crippen molar-refractivity contribution < 1.29 is 9.53 Å². The van der Waals surface area contributed by atoms with Gasteiger partial charge in [0.25, 0.3) is 0 Å². The summed E-state index contributed by atoms with van der Waals surface area (Å²) in [6.07, 6.45) is 5.23. The lowest BCUT2D eigenvalue weighted by Crippen LogP contribution is -2.51. The van der Waals surface area contributed by atoms with Crippen LogP contribution in [0.3, 0.4) is 0 Å². The summed E-state index contributed by atoms with van der Waals surface area (Å²) in [4.78, 5) is 14.7. The highest BCUT2D eigenvalue weighted by Crippen LogP contribution is 2.14. The maximum absolute atomic E-state index is 12.2. The molecule has 2 amide bonds. The lowest BCUT2D eigenvalue weighted by molar-refractivity contribution is 0.0153. The van der Waals surface area contributed by atoms with Gasteiger partial charge >= 0.3 is 6.03 Å². The van der Waals surface area contributed by atoms with E-state index in [-0.39, 0.29) is 18.2 Å². The van der Waals surface area contributed by atoms with E-state index in [4.69, 9.17) is 4.74 Å². The minimum atomic E-state index is -0.0122. The summed E-state index contributed by atoms with van der Waals surface area (Å²) in [5, 5.41) is 6.27. The van der Waals surface area contributed by atoms with Crippen LogP contribution in [-0.4, -0.2) is 55.4 Å². The third kappa shape index (κ3) is 6.01. The molecule has 0 spiro atoms. The largest absolute Gasteiger partial charge is 0.378 e. The van der Waals surface area contributed by atoms with Gasteiger partial charge in [0.05, 0.1) is 6.10 Å². The average Bonchev–Trinajstić information content (AvgIpc) is 2.62. The summed E-state index contributed by atoms with van der Waals surface area (Å²) >= 11 is 0. The van der Waals surface area contributed by atoms with Crippen LogP contribution in [0.1, 0.15) is 38.2 Å². The van der Waals surface area contributed by atoms with E-state index in [1.807, 2.05) is 0 Å². The van der Waals surface area contributed by atoms with Crippen molar-refractivity contribution in [2.75, 3.05) is 26.2 Å². The summed E-state index contributed by atoms with van der Waals surface area (Å²) in [7, 11) is 0. The van der Waals surface area contributed by atoms with Crippen molar-refractivity contribution in [3.05, 3.63) is 35.9 Å². The predicted molar refractivity (Wildman–Crippen MR) is 99.7 cm³/mol. The molecule has 138 valence electrons. The van der Waals surface area contributed by atoms with E-state index >= 15 is 0 Å². The van der Waals surface area contributed by atoms with Crippen molar-refractivity contribution in [2.24, 2.45) is 0 Å². The molecule has 2 aliphatic rings. The Kier molecular flexibility index (Phi) is 6.70. The van der Waals surface area contributed by atoms with E-state index in [1.54, 1.807) is 0 Å². The number of likely N-dealkylation sites (tertiary alicyclic amines) is 1. The molecule has 5 nitrogen and oxygen atoms in total. The van der Waals surface area contributed by atoms with Crippen LogP contribution in [0.4, 0.5) is 4.79 Å². The van der Waals surface area contributed by atoms with Crippen LogP contribution in [-0.2, 0) is 11.2 Å². The van der Waals surface area contributed by atoms with E-state index in [0.717, 1.165) is 58.3 Å². The number of hydrogen-bond donors (Lipinski definition) is 2. The van der Waals surface area contributed by atoms with Gasteiger partial charge in [-0.2, -0.15) is 0 Å². The summed E-state index contributed by atoms with van der Waals surface area (Å²) in [6.45, 7) is 6.03. The van der Waals surface area contributed by atoms with Gasteiger partial charge in [-0.05, 0) is 44.6 Å². The molecule has 2 unspecified atom stereocenters. The fraction of sp³-hybridized carbons (Fsp3) is 0.650. The molecule has 2 saturated heterocycles. The molecule has 1 aromatic rings. The van der Waals surface area contributed by atoms with E-state index < -0.39 is 0 Å². The fourth-order valence-electron chi connectivity index (χ4n) is 3.77. The van der Waals surface area contributed by atoms with Crippen molar-refractivity contribution in [1.29, 1.82) is 0 Å². The summed E-state index contributed by atoms with van der Waals surface area (Å²) < 4.78 is 5.53. The van der Waals surface area contributed by atoms with E-state index in [2.05, 4.69) is 52.8 Å². The highest BCUT2D eigenvalue weighted by molar-refractivity contribution is 5.74. The Morgan fingerprint density at radius 1 is 1.12 bits per heavy atom. The maximum Gasteiger partial charge on any atom is 0.315 e. The van der Waals surface area contributed by atoms with Gasteiger partial charge in [-0.1, -0.05) is 30.3 Å². The number of carbonyl (C=O) groups is 1. The number of carbonyl (C=O) groups excluding carboxylic acids is 1. The second-order valence-electron chi connectivity index (χ2n) is 7.37. The van der Waals surface area contributed by atoms with Gasteiger partial charge < -0.3 is 20.3 Å². The zero-order valence-electron chi connectivity index (χ0n) is 15.2. The van der Waals surface area contributed by atoms with Gasteiger partial charge in [-0.3, -0.25) is 0 Å². The molecule has 2 N–H and O–H groups in total. The number of hydrogen-bond acceptors (Lipinski definition) is 3. The van der Waals surface area contributed by atoms with E-state index in [9.17, 15) is 4.79 Å². The zero-order valence-corrected chi connectivity index (χ0v) is 15.2. The smallest absolute Gasteiger partial charge is 0.315 e. The number of urea groups is 1. The molecule has 3 rings (SSSR count). The minimum Gasteiger partial charge on any atom is -0.378 e. The maximum atomic E-state index is 12.2. The minimum absolute atomic E-state index is 0.0122. The lowest BCUT2D eigenvalue weighted by Gasteiger charge is -2.33. The Morgan fingerprint density at radius 3 is 2.56 bits per heavy atom. The molecule has 2 atom stereocenters. The molecule has 2 fully saturated rings. The van der Waals surface area contributed by atoms with Gasteiger partial charge in [0.1, 0.15) is 0 Å². The van der Waals surface area contributed by atoms with E-state index in [1.165, 1.54) is 5.56 Å². The third-order valence-electron chi connectivity index (χ3n) is 5.30. The van der Waals surface area contributed by atoms with Crippen LogP contribution in [0.2, 0.25) is 0 Å². The molecule has 0 saturated carbocycles. The van der Waals surface area contributed by atoms with Crippen LogP contribution in [0.15, 0.2) is 30.3 Å². The van der Waals surface area contributed by atoms with Gasteiger partial charge in [0.15, 0.2) is 0 Å². The van der Waals surface area contributed by atoms with Crippen molar-refractivity contribution in [3.63, 3.8) is 0 Å². The molecule has 2 aliphatic heterocycles. The fourth-order valence-corrected chi connectivity index (χ4v) is 3.77. The number of amides is 2. The first-order valence-corrected chi connectivity index (χ1v) is 9.64. The average molecular weight is 345 g/mol. The molecule has 2 heterocycles. The van der Waals surface area contributed by atoms with Crippen molar-refractivity contribution >= 4 is 6.03 Å². The molecular weight excluding hydrogens is 314 g/mol. The second kappa shape index (κ2) is 9.20. The van der Waals surface area contributed by atoms with Crippen LogP contribution in [0.5, 0.6) is 0 Å². The topological polar surface area (TPSA) is 53.6 Å². The highest BCUT2D eigenvalue weighted by atomic mass is 16.5. The summed E-state index contributed by atoms with van der Waals surface area (Å²) in [6, 6.07) is 11.2. The van der Waals surface area contributed by atoms with Gasteiger partial charge in [-0.25, -0.2) is 4.79 Å². The third-order valence-corrected chi connectivity index (χ3v) is 5.30. The number of benzene rings is 1. The van der Waals surface area contributed by atoms with Crippen LogP contribution in [0, 0.1) is 0 Å². The van der Waals surface area contributed by atoms with Gasteiger partial charge in [0.2, 0.25) is 0 Å². The van der Waals surface area contributed by atoms with Crippen molar-refractivity contribution in [3.8, 4) is 0 Å². The number of nitrogens with one attached hydrogen (secondary N) is 2. The quantitative estimate of drug-likeness (QED) is 0.862. The van der Waals surface area contributed by atoms with Gasteiger partial charge in [0, 0.05) is 38.3 Å². The zero-order chi connectivity index (χ0) is 17.5. The number of nitrogens with zero attached hydrogens (tertiary/aromatic N) is 1. The Hall–Kier alpha value is -1.59. The Bertz CT molecular complexity index is 529. The number of ether oxygens (including phenoxy) is 1. The normalized spacial score (nSPS) is 25.5. The SMILES string of the molecule is CC1CC(NC(=O)NC2CCN(CCc3ccccc3)CC2)CCO1. The molecular formula is C20H31N3O2. The second-order valence-corrected chi connectivity index (χ2v) is 7.37. The molecule has 0 aromatic heterocycles. The molecule has 5 heteroatoms. The molecule has 0 radical (unpaired) electrons. The molecule has 1 aromatic carbocycles. The lowest BCUT2D eigenvalue weighted by atomic mass is 10.0. The standard InChI is InChI=1S/C20H31N3O2/c1-16-15-19(10-14-25-16)22-20(24)21-18-8-12-23(13-9-18)11-7-17-5-3-2-4-6-17/h2-6,16,18-19H,7-15H2,1H3,(H2,21,22,24). The monoisotopic (exact) mass is 345 g/mol. The van der Waals surface area contributed by atoms with Crippen LogP contribution >= 0.6 is 0 Å². The first-order chi connectivity index (χ1) is 12.2. The summed E-state index contributed by atoms with van der Waals surface area (Å²) in [5.74, 6) is 0. The first-order valence-electron chi connectivity index (χ1n) is 9.64. The van der Waals surface area contributed by atoms with Crippen LogP contribution < -0.4 is 10.6 Å². The molecule has 0 bridgehead atoms. The van der Waals surface area contributed by atoms with Crippen molar-refractivity contribution in [2.45, 2.75) is 57.2 Å². The van der Waals surface area contributed by atoms with Crippen molar-refractivity contribution in [1.82, 2.24) is 15.5 Å². The van der Waals surface area contributed by atoms with Crippen LogP contribution in [0.25, 0.3) is 0 Å². The predicted octanol–water partition coefficient (Wildman–Crippen LogP) is 2.56. The van der Waals surface area contributed by atoms with E-state index in [0.29, 0.717) is 6.04 Å². The van der Waals surface area contributed by atoms with Gasteiger partial charge in [-0.15, -0.1) is 0 Å². The Balaban J connectivity index is 1.32.